The van der Waals surface area contributed by atoms with Crippen LogP contribution in [0.3, 0.4) is 0 Å². The van der Waals surface area contributed by atoms with Crippen LogP contribution < -0.4 is 0 Å². The molecule has 1 atom stereocenters. The van der Waals surface area contributed by atoms with E-state index in [0.29, 0.717) is 5.92 Å². The number of ether oxygens (including phenoxy) is 1. The molecule has 6 heteroatoms. The normalized spacial score (nSPS) is 22.2. The number of nitrogens with zero attached hydrogens (tertiary/aromatic N) is 5. The van der Waals surface area contributed by atoms with Gasteiger partial charge in [0.1, 0.15) is 11.6 Å². The molecule has 2 aliphatic rings. The van der Waals surface area contributed by atoms with Crippen molar-refractivity contribution >= 4 is 0 Å². The summed E-state index contributed by atoms with van der Waals surface area (Å²) in [6.07, 6.45) is 2.43. The average molecular weight is 370 g/mol. The lowest BCUT2D eigenvalue weighted by atomic mass is 9.96. The summed E-state index contributed by atoms with van der Waals surface area (Å²) in [6.45, 7) is 9.95. The van der Waals surface area contributed by atoms with E-state index in [-0.39, 0.29) is 0 Å². The second kappa shape index (κ2) is 8.50. The van der Waals surface area contributed by atoms with Crippen LogP contribution in [0.15, 0.2) is 24.3 Å². The molecule has 0 amide bonds. The summed E-state index contributed by atoms with van der Waals surface area (Å²) >= 11 is 0. The number of benzene rings is 1. The van der Waals surface area contributed by atoms with Gasteiger partial charge in [0.15, 0.2) is 0 Å². The minimum atomic E-state index is 0.471. The Bertz CT molecular complexity index is 753. The first-order chi connectivity index (χ1) is 13.2. The molecule has 4 rings (SSSR count). The van der Waals surface area contributed by atoms with Crippen molar-refractivity contribution in [2.45, 2.75) is 38.8 Å². The second-order valence-corrected chi connectivity index (χ2v) is 7.92. The van der Waals surface area contributed by atoms with E-state index in [1.54, 1.807) is 0 Å². The second-order valence-electron chi connectivity index (χ2n) is 7.92. The van der Waals surface area contributed by atoms with Crippen molar-refractivity contribution in [3.05, 3.63) is 47.0 Å². The number of piperidine rings is 1. The van der Waals surface area contributed by atoms with Gasteiger partial charge in [0.05, 0.1) is 19.8 Å². The fraction of sp³-hybridized carbons (Fsp3) is 0.619. The molecule has 6 nitrogen and oxygen atoms in total. The smallest absolute Gasteiger partial charge is 0.146 e. The van der Waals surface area contributed by atoms with Crippen LogP contribution in [-0.2, 0) is 24.9 Å². The van der Waals surface area contributed by atoms with Crippen molar-refractivity contribution in [2.24, 2.45) is 7.05 Å². The van der Waals surface area contributed by atoms with Crippen LogP contribution in [0.5, 0.6) is 0 Å². The summed E-state index contributed by atoms with van der Waals surface area (Å²) in [7, 11) is 2.13. The maximum Gasteiger partial charge on any atom is 0.146 e. The van der Waals surface area contributed by atoms with Crippen molar-refractivity contribution in [1.29, 1.82) is 0 Å². The van der Waals surface area contributed by atoms with E-state index in [9.17, 15) is 0 Å². The fourth-order valence-electron chi connectivity index (χ4n) is 4.27. The Hall–Kier alpha value is -1.76. The molecule has 1 aromatic heterocycles. The quantitative estimate of drug-likeness (QED) is 0.810. The maximum atomic E-state index is 5.45. The fourth-order valence-corrected chi connectivity index (χ4v) is 4.27. The van der Waals surface area contributed by atoms with Gasteiger partial charge in [0.2, 0.25) is 0 Å². The van der Waals surface area contributed by atoms with E-state index in [0.717, 1.165) is 57.6 Å². The Morgan fingerprint density at radius 1 is 1.04 bits per heavy atom. The van der Waals surface area contributed by atoms with Gasteiger partial charge in [0.25, 0.3) is 0 Å². The van der Waals surface area contributed by atoms with Gasteiger partial charge < -0.3 is 9.30 Å². The highest BCUT2D eigenvalue weighted by Crippen LogP contribution is 2.27. The molecule has 0 bridgehead atoms. The molecule has 0 radical (unpaired) electrons. The van der Waals surface area contributed by atoms with Crippen LogP contribution in [0.25, 0.3) is 0 Å². The van der Waals surface area contributed by atoms with E-state index >= 15 is 0 Å². The Morgan fingerprint density at radius 2 is 1.85 bits per heavy atom. The van der Waals surface area contributed by atoms with Gasteiger partial charge in [-0.2, -0.15) is 0 Å². The van der Waals surface area contributed by atoms with Crippen molar-refractivity contribution < 1.29 is 4.74 Å². The third kappa shape index (κ3) is 4.39. The van der Waals surface area contributed by atoms with Crippen LogP contribution in [0.2, 0.25) is 0 Å². The Balaban J connectivity index is 1.41. The van der Waals surface area contributed by atoms with Gasteiger partial charge in [-0.25, -0.2) is 0 Å². The molecule has 0 saturated carbocycles. The third-order valence-corrected chi connectivity index (χ3v) is 5.99. The molecule has 146 valence electrons. The molecule has 27 heavy (non-hydrogen) atoms. The molecule has 3 heterocycles. The average Bonchev–Trinajstić information content (AvgIpc) is 3.05. The van der Waals surface area contributed by atoms with Gasteiger partial charge in [-0.1, -0.05) is 24.3 Å². The number of aryl methyl sites for hydroxylation is 1. The summed E-state index contributed by atoms with van der Waals surface area (Å²) in [6, 6.07) is 8.72. The summed E-state index contributed by atoms with van der Waals surface area (Å²) in [5, 5.41) is 9.11. The zero-order valence-electron chi connectivity index (χ0n) is 16.6. The van der Waals surface area contributed by atoms with Gasteiger partial charge in [0, 0.05) is 39.1 Å². The largest absolute Gasteiger partial charge is 0.379 e. The van der Waals surface area contributed by atoms with Crippen LogP contribution in [-0.4, -0.2) is 64.0 Å². The highest BCUT2D eigenvalue weighted by Gasteiger charge is 2.26. The molecule has 0 unspecified atom stereocenters. The molecular weight excluding hydrogens is 338 g/mol. The lowest BCUT2D eigenvalue weighted by Crippen LogP contribution is -2.36. The standard InChI is InChI=1S/C21H31N5O/c1-17-6-3-4-7-18(17)14-26-9-5-8-19(15-26)21-23-22-20(24(21)2)16-25-10-12-27-13-11-25/h3-4,6-7,19H,5,8-16H2,1-2H3/t19-/m1/s1. The maximum absolute atomic E-state index is 5.45. The van der Waals surface area contributed by atoms with E-state index in [2.05, 4.69) is 62.8 Å². The number of rotatable bonds is 5. The van der Waals surface area contributed by atoms with Gasteiger partial charge in [-0.3, -0.25) is 9.80 Å². The Morgan fingerprint density at radius 3 is 2.67 bits per heavy atom. The lowest BCUT2D eigenvalue weighted by molar-refractivity contribution is 0.0326. The SMILES string of the molecule is Cc1ccccc1CN1CCC[C@@H](c2nnc(CN3CCOCC3)n2C)C1. The first-order valence-electron chi connectivity index (χ1n) is 10.2. The Kier molecular flexibility index (Phi) is 5.86. The molecule has 2 aliphatic heterocycles. The minimum absolute atomic E-state index is 0.471. The van der Waals surface area contributed by atoms with E-state index in [1.165, 1.54) is 30.5 Å². The molecule has 1 aromatic carbocycles. The summed E-state index contributed by atoms with van der Waals surface area (Å²) in [4.78, 5) is 4.98. The first kappa shape index (κ1) is 18.6. The Labute approximate surface area is 162 Å². The first-order valence-corrected chi connectivity index (χ1v) is 10.2. The van der Waals surface area contributed by atoms with Crippen LogP contribution in [0, 0.1) is 6.92 Å². The van der Waals surface area contributed by atoms with Crippen LogP contribution >= 0.6 is 0 Å². The van der Waals surface area contributed by atoms with E-state index in [4.69, 9.17) is 4.74 Å². The minimum Gasteiger partial charge on any atom is -0.379 e. The summed E-state index contributed by atoms with van der Waals surface area (Å²) < 4.78 is 7.68. The molecule has 2 saturated heterocycles. The van der Waals surface area contributed by atoms with E-state index < -0.39 is 0 Å². The highest BCUT2D eigenvalue weighted by molar-refractivity contribution is 5.25. The number of likely N-dealkylation sites (tertiary alicyclic amines) is 1. The van der Waals surface area contributed by atoms with Crippen LogP contribution in [0.1, 0.15) is 41.5 Å². The lowest BCUT2D eigenvalue weighted by Gasteiger charge is -2.32. The topological polar surface area (TPSA) is 46.4 Å². The number of morpholine rings is 1. The molecule has 2 aromatic rings. The third-order valence-electron chi connectivity index (χ3n) is 5.99. The van der Waals surface area contributed by atoms with Crippen molar-refractivity contribution in [3.8, 4) is 0 Å². The summed E-state index contributed by atoms with van der Waals surface area (Å²) in [5.74, 6) is 2.69. The molecule has 0 spiro atoms. The van der Waals surface area contributed by atoms with Gasteiger partial charge >= 0.3 is 0 Å². The highest BCUT2D eigenvalue weighted by atomic mass is 16.5. The van der Waals surface area contributed by atoms with Gasteiger partial charge in [-0.15, -0.1) is 10.2 Å². The summed E-state index contributed by atoms with van der Waals surface area (Å²) in [5.41, 5.74) is 2.82. The predicted octanol–water partition coefficient (Wildman–Crippen LogP) is 2.34. The predicted molar refractivity (Wildman–Crippen MR) is 106 cm³/mol. The van der Waals surface area contributed by atoms with Crippen molar-refractivity contribution in [1.82, 2.24) is 24.6 Å². The molecule has 0 N–H and O–H groups in total. The zero-order valence-corrected chi connectivity index (χ0v) is 16.6. The number of hydrogen-bond donors (Lipinski definition) is 0. The number of hydrogen-bond acceptors (Lipinski definition) is 5. The number of aromatic nitrogens is 3. The van der Waals surface area contributed by atoms with E-state index in [1.807, 2.05) is 0 Å². The molecule has 0 aliphatic carbocycles. The zero-order chi connectivity index (χ0) is 18.6. The van der Waals surface area contributed by atoms with Crippen molar-refractivity contribution in [3.63, 3.8) is 0 Å². The van der Waals surface area contributed by atoms with Crippen molar-refractivity contribution in [2.75, 3.05) is 39.4 Å². The van der Waals surface area contributed by atoms with Gasteiger partial charge in [-0.05, 0) is 37.4 Å². The van der Waals surface area contributed by atoms with Crippen LogP contribution in [0.4, 0.5) is 0 Å². The molecule has 2 fully saturated rings. The molecular formula is C21H31N5O. The monoisotopic (exact) mass is 369 g/mol.